The summed E-state index contributed by atoms with van der Waals surface area (Å²) < 4.78 is 10.6. The van der Waals surface area contributed by atoms with Crippen LogP contribution in [0.25, 0.3) is 11.0 Å². The van der Waals surface area contributed by atoms with Gasteiger partial charge in [0.25, 0.3) is 0 Å². The quantitative estimate of drug-likeness (QED) is 0.760. The lowest BCUT2D eigenvalue weighted by molar-refractivity contribution is 0.179. The van der Waals surface area contributed by atoms with Crippen molar-refractivity contribution >= 4 is 11.0 Å². The molecule has 0 atom stereocenters. The highest BCUT2D eigenvalue weighted by atomic mass is 16.5. The van der Waals surface area contributed by atoms with Gasteiger partial charge in [0.2, 0.25) is 0 Å². The topological polar surface area (TPSA) is 60.0 Å². The minimum atomic E-state index is 0.460. The van der Waals surface area contributed by atoms with E-state index in [0.29, 0.717) is 6.61 Å². The van der Waals surface area contributed by atoms with Crippen molar-refractivity contribution in [3.8, 4) is 5.75 Å². The van der Waals surface area contributed by atoms with E-state index in [0.717, 1.165) is 35.4 Å². The zero-order chi connectivity index (χ0) is 15.4. The zero-order valence-corrected chi connectivity index (χ0v) is 12.8. The molecule has 114 valence electrons. The van der Waals surface area contributed by atoms with Crippen molar-refractivity contribution in [2.45, 2.75) is 19.4 Å². The molecule has 0 aliphatic rings. The number of nitrogens with zero attached hydrogens (tertiary/aromatic N) is 2. The second-order valence-electron chi connectivity index (χ2n) is 5.12. The molecular formula is C17H19N3O2. The van der Waals surface area contributed by atoms with Crippen LogP contribution in [0.15, 0.2) is 36.7 Å². The lowest BCUT2D eigenvalue weighted by Crippen LogP contribution is -1.94. The summed E-state index contributed by atoms with van der Waals surface area (Å²) in [7, 11) is 3.33. The Balaban J connectivity index is 1.91. The average Bonchev–Trinajstić information content (AvgIpc) is 2.98. The number of hydrogen-bond acceptors (Lipinski definition) is 4. The minimum Gasteiger partial charge on any atom is -0.494 e. The Bertz CT molecular complexity index is 753. The first kappa shape index (κ1) is 14.5. The maximum Gasteiger partial charge on any atom is 0.144 e. The van der Waals surface area contributed by atoms with E-state index in [1.165, 1.54) is 11.1 Å². The molecule has 1 N–H and O–H groups in total. The number of H-pyrrole nitrogens is 1. The fourth-order valence-electron chi connectivity index (χ4n) is 2.58. The first-order chi connectivity index (χ1) is 10.8. The van der Waals surface area contributed by atoms with Crippen LogP contribution in [0.3, 0.4) is 0 Å². The van der Waals surface area contributed by atoms with Crippen molar-refractivity contribution in [2.24, 2.45) is 0 Å². The highest BCUT2D eigenvalue weighted by Gasteiger charge is 2.12. The number of methoxy groups -OCH3 is 2. The third-order valence-corrected chi connectivity index (χ3v) is 3.67. The lowest BCUT2D eigenvalue weighted by Gasteiger charge is -2.06. The molecule has 0 amide bonds. The van der Waals surface area contributed by atoms with Gasteiger partial charge in [-0.05, 0) is 42.2 Å². The molecule has 5 heteroatoms. The number of rotatable bonds is 6. The summed E-state index contributed by atoms with van der Waals surface area (Å²) in [6.07, 6.45) is 5.52. The Morgan fingerprint density at radius 1 is 1.05 bits per heavy atom. The maximum atomic E-state index is 5.42. The van der Waals surface area contributed by atoms with Crippen LogP contribution in [0.1, 0.15) is 17.0 Å². The molecule has 0 aliphatic heterocycles. The number of hydrogen-bond donors (Lipinski definition) is 1. The zero-order valence-electron chi connectivity index (χ0n) is 12.8. The van der Waals surface area contributed by atoms with Gasteiger partial charge in [0, 0.05) is 19.5 Å². The number of pyridine rings is 1. The van der Waals surface area contributed by atoms with E-state index < -0.39 is 0 Å². The van der Waals surface area contributed by atoms with Crippen molar-refractivity contribution < 1.29 is 9.47 Å². The SMILES string of the molecule is COCc1nc2c(CCc3ccncc3)ccc(OC)c2[nH]1. The van der Waals surface area contributed by atoms with Crippen LogP contribution in [0.5, 0.6) is 5.75 Å². The summed E-state index contributed by atoms with van der Waals surface area (Å²) in [4.78, 5) is 12.0. The van der Waals surface area contributed by atoms with E-state index in [9.17, 15) is 0 Å². The summed E-state index contributed by atoms with van der Waals surface area (Å²) in [6, 6.07) is 8.15. The van der Waals surface area contributed by atoms with Gasteiger partial charge in [-0.3, -0.25) is 4.98 Å². The molecule has 22 heavy (non-hydrogen) atoms. The first-order valence-corrected chi connectivity index (χ1v) is 7.24. The Labute approximate surface area is 129 Å². The number of benzene rings is 1. The predicted molar refractivity (Wildman–Crippen MR) is 85.0 cm³/mol. The molecule has 0 fully saturated rings. The molecule has 1 aromatic carbocycles. The molecule has 3 aromatic rings. The van der Waals surface area contributed by atoms with E-state index in [1.807, 2.05) is 30.6 Å². The van der Waals surface area contributed by atoms with E-state index in [2.05, 4.69) is 21.0 Å². The van der Waals surface area contributed by atoms with Crippen molar-refractivity contribution in [1.82, 2.24) is 15.0 Å². The Morgan fingerprint density at radius 2 is 1.86 bits per heavy atom. The molecular weight excluding hydrogens is 278 g/mol. The third-order valence-electron chi connectivity index (χ3n) is 3.67. The van der Waals surface area contributed by atoms with Crippen LogP contribution in [0.4, 0.5) is 0 Å². The van der Waals surface area contributed by atoms with Gasteiger partial charge in [-0.2, -0.15) is 0 Å². The van der Waals surface area contributed by atoms with Crippen molar-refractivity contribution in [1.29, 1.82) is 0 Å². The number of ether oxygens (including phenoxy) is 2. The molecule has 0 radical (unpaired) electrons. The molecule has 2 aromatic heterocycles. The minimum absolute atomic E-state index is 0.460. The second kappa shape index (κ2) is 6.58. The molecule has 0 unspecified atom stereocenters. The largest absolute Gasteiger partial charge is 0.494 e. The lowest BCUT2D eigenvalue weighted by atomic mass is 10.0. The fraction of sp³-hybridized carbons (Fsp3) is 0.294. The van der Waals surface area contributed by atoms with Crippen LogP contribution in [-0.4, -0.2) is 29.2 Å². The normalized spacial score (nSPS) is 11.0. The fourth-order valence-corrected chi connectivity index (χ4v) is 2.58. The highest BCUT2D eigenvalue weighted by Crippen LogP contribution is 2.27. The number of fused-ring (bicyclic) bond motifs is 1. The van der Waals surface area contributed by atoms with Gasteiger partial charge in [0.1, 0.15) is 23.7 Å². The van der Waals surface area contributed by atoms with Crippen LogP contribution < -0.4 is 4.74 Å². The number of aryl methyl sites for hydroxylation is 2. The van der Waals surface area contributed by atoms with Crippen molar-refractivity contribution in [3.05, 3.63) is 53.6 Å². The van der Waals surface area contributed by atoms with Crippen LogP contribution in [0.2, 0.25) is 0 Å². The summed E-state index contributed by atoms with van der Waals surface area (Å²) in [5.41, 5.74) is 4.36. The Kier molecular flexibility index (Phi) is 4.34. The number of aromatic amines is 1. The van der Waals surface area contributed by atoms with Crippen LogP contribution in [0, 0.1) is 0 Å². The Morgan fingerprint density at radius 3 is 2.59 bits per heavy atom. The smallest absolute Gasteiger partial charge is 0.144 e. The standard InChI is InChI=1S/C17H19N3O2/c1-21-11-15-19-16-13(4-3-12-7-9-18-10-8-12)5-6-14(22-2)17(16)20-15/h5-10H,3-4,11H2,1-2H3,(H,19,20). The van der Waals surface area contributed by atoms with Crippen LogP contribution >= 0.6 is 0 Å². The van der Waals surface area contributed by atoms with E-state index in [4.69, 9.17) is 9.47 Å². The second-order valence-corrected chi connectivity index (χ2v) is 5.12. The van der Waals surface area contributed by atoms with Gasteiger partial charge in [-0.1, -0.05) is 6.07 Å². The summed E-state index contributed by atoms with van der Waals surface area (Å²) in [5.74, 6) is 1.62. The van der Waals surface area contributed by atoms with E-state index in [-0.39, 0.29) is 0 Å². The van der Waals surface area contributed by atoms with Gasteiger partial charge in [0.15, 0.2) is 0 Å². The van der Waals surface area contributed by atoms with E-state index in [1.54, 1.807) is 14.2 Å². The molecule has 0 saturated heterocycles. The van der Waals surface area contributed by atoms with Crippen molar-refractivity contribution in [3.63, 3.8) is 0 Å². The maximum absolute atomic E-state index is 5.42. The molecule has 2 heterocycles. The first-order valence-electron chi connectivity index (χ1n) is 7.24. The number of nitrogens with one attached hydrogen (secondary N) is 1. The van der Waals surface area contributed by atoms with Gasteiger partial charge in [0.05, 0.1) is 12.6 Å². The van der Waals surface area contributed by atoms with Crippen LogP contribution in [-0.2, 0) is 24.2 Å². The van der Waals surface area contributed by atoms with E-state index >= 15 is 0 Å². The highest BCUT2D eigenvalue weighted by molar-refractivity contribution is 5.85. The van der Waals surface area contributed by atoms with Crippen molar-refractivity contribution in [2.75, 3.05) is 14.2 Å². The van der Waals surface area contributed by atoms with Gasteiger partial charge < -0.3 is 14.5 Å². The summed E-state index contributed by atoms with van der Waals surface area (Å²) in [6.45, 7) is 0.460. The average molecular weight is 297 g/mol. The third kappa shape index (κ3) is 2.94. The molecule has 5 nitrogen and oxygen atoms in total. The monoisotopic (exact) mass is 297 g/mol. The number of aromatic nitrogens is 3. The summed E-state index contributed by atoms with van der Waals surface area (Å²) in [5, 5.41) is 0. The molecule has 0 spiro atoms. The summed E-state index contributed by atoms with van der Waals surface area (Å²) >= 11 is 0. The molecule has 0 bridgehead atoms. The van der Waals surface area contributed by atoms with Gasteiger partial charge in [-0.25, -0.2) is 4.98 Å². The Hall–Kier alpha value is -2.40. The van der Waals surface area contributed by atoms with Gasteiger partial charge in [-0.15, -0.1) is 0 Å². The number of imidazole rings is 1. The molecule has 0 aliphatic carbocycles. The molecule has 3 rings (SSSR count). The predicted octanol–water partition coefficient (Wildman–Crippen LogP) is 2.90. The molecule has 0 saturated carbocycles. The van der Waals surface area contributed by atoms with Gasteiger partial charge >= 0.3 is 0 Å².